The first-order chi connectivity index (χ1) is 26.9. The van der Waals surface area contributed by atoms with Crippen LogP contribution in [0.2, 0.25) is 0 Å². The Hall–Kier alpha value is -5.36. The summed E-state index contributed by atoms with van der Waals surface area (Å²) in [5, 5.41) is 7.39. The van der Waals surface area contributed by atoms with Gasteiger partial charge in [-0.1, -0.05) is 112 Å². The fourth-order valence-electron chi connectivity index (χ4n) is 10.8. The fourth-order valence-corrected chi connectivity index (χ4v) is 10.8. The predicted molar refractivity (Wildman–Crippen MR) is 224 cm³/mol. The van der Waals surface area contributed by atoms with Gasteiger partial charge in [0.1, 0.15) is 11.5 Å². The number of fused-ring (bicyclic) bond motifs is 8. The van der Waals surface area contributed by atoms with Gasteiger partial charge >= 0.3 is 0 Å². The van der Waals surface area contributed by atoms with Gasteiger partial charge in [-0.25, -0.2) is 0 Å². The van der Waals surface area contributed by atoms with Crippen LogP contribution in [-0.4, -0.2) is 47.3 Å². The van der Waals surface area contributed by atoms with E-state index in [2.05, 4.69) is 187 Å². The molecule has 3 aromatic rings. The van der Waals surface area contributed by atoms with Gasteiger partial charge in [-0.3, -0.25) is 9.80 Å². The van der Waals surface area contributed by atoms with E-state index in [1.165, 1.54) is 55.7 Å². The van der Waals surface area contributed by atoms with E-state index in [0.717, 1.165) is 37.4 Å². The molecule has 8 aliphatic rings. The molecule has 5 heterocycles. The van der Waals surface area contributed by atoms with Gasteiger partial charge in [-0.2, -0.15) is 0 Å². The first-order valence-electron chi connectivity index (χ1n) is 20.2. The summed E-state index contributed by atoms with van der Waals surface area (Å²) in [6.45, 7) is 9.13. The first-order valence-corrected chi connectivity index (χ1v) is 20.2. The number of benzene rings is 3. The third-order valence-corrected chi connectivity index (χ3v) is 13.7. The third kappa shape index (κ3) is 5.13. The number of dihydropyridines is 2. The Labute approximate surface area is 325 Å². The van der Waals surface area contributed by atoms with Gasteiger partial charge in [0, 0.05) is 53.1 Å². The van der Waals surface area contributed by atoms with E-state index < -0.39 is 0 Å². The molecule has 6 unspecified atom stereocenters. The Balaban J connectivity index is 0.973. The zero-order chi connectivity index (χ0) is 36.9. The van der Waals surface area contributed by atoms with Gasteiger partial charge in [-0.15, -0.1) is 0 Å². The van der Waals surface area contributed by atoms with Gasteiger partial charge in [0.15, 0.2) is 0 Å². The van der Waals surface area contributed by atoms with Crippen molar-refractivity contribution >= 4 is 28.4 Å². The largest absolute Gasteiger partial charge is 0.460 e. The molecule has 5 heteroatoms. The Bertz CT molecular complexity index is 2390. The maximum atomic E-state index is 7.46. The van der Waals surface area contributed by atoms with Crippen LogP contribution in [-0.2, 0) is 10.2 Å². The number of nitrogens with zero attached hydrogens (tertiary/aromatic N) is 2. The van der Waals surface area contributed by atoms with E-state index in [9.17, 15) is 0 Å². The summed E-state index contributed by atoms with van der Waals surface area (Å²) in [5.41, 5.74) is 12.9. The molecule has 3 aromatic carbocycles. The van der Waals surface area contributed by atoms with Crippen molar-refractivity contribution in [2.45, 2.75) is 63.4 Å². The standard InChI is InChI=1S/C50H48N4O/c1-49(2)22-18-36-28-40-39(31-41(36)49)37-14-17-44-50(3,23-27-54(44)46-30-35(20-25-52-46)33-12-8-5-9-13-33)48(37)55-43-16-15-42-38(47(40)43)21-26-53(42)45-29-34(19-24-51-45)32-10-6-4-7-11-32/h4-20,22,24-25,28-31,38,42,44-46,51-52H,21,23,26-27H2,1-3H3. The lowest BCUT2D eigenvalue weighted by Crippen LogP contribution is -2.49. The van der Waals surface area contributed by atoms with E-state index in [4.69, 9.17) is 4.74 Å². The fraction of sp³-hybridized carbons (Fsp3) is 0.280. The number of ether oxygens (including phenoxy) is 1. The van der Waals surface area contributed by atoms with Crippen molar-refractivity contribution in [3.63, 3.8) is 0 Å². The van der Waals surface area contributed by atoms with Gasteiger partial charge in [0.2, 0.25) is 0 Å². The molecule has 0 bridgehead atoms. The number of hydrogen-bond acceptors (Lipinski definition) is 5. The highest BCUT2D eigenvalue weighted by molar-refractivity contribution is 5.92. The molecule has 0 spiro atoms. The average Bonchev–Trinajstić information content (AvgIpc) is 3.88. The second-order valence-corrected chi connectivity index (χ2v) is 17.2. The molecule has 0 saturated carbocycles. The molecule has 5 nitrogen and oxygen atoms in total. The van der Waals surface area contributed by atoms with Crippen molar-refractivity contribution in [1.82, 2.24) is 20.4 Å². The molecule has 0 radical (unpaired) electrons. The summed E-state index contributed by atoms with van der Waals surface area (Å²) in [5.74, 6) is 2.49. The summed E-state index contributed by atoms with van der Waals surface area (Å²) in [6, 6.07) is 27.0. The highest BCUT2D eigenvalue weighted by atomic mass is 16.5. The van der Waals surface area contributed by atoms with Crippen LogP contribution in [0.3, 0.4) is 0 Å². The lowest BCUT2D eigenvalue weighted by molar-refractivity contribution is 0.139. The molecule has 11 rings (SSSR count). The number of allylic oxidation sites excluding steroid dienone is 8. The van der Waals surface area contributed by atoms with Crippen molar-refractivity contribution in [3.05, 3.63) is 185 Å². The van der Waals surface area contributed by atoms with Crippen LogP contribution in [0.15, 0.2) is 151 Å². The van der Waals surface area contributed by atoms with Crippen LogP contribution < -0.4 is 10.6 Å². The summed E-state index contributed by atoms with van der Waals surface area (Å²) >= 11 is 0. The average molecular weight is 721 g/mol. The second kappa shape index (κ2) is 12.3. The Morgan fingerprint density at radius 1 is 0.709 bits per heavy atom. The molecule has 55 heavy (non-hydrogen) atoms. The molecule has 0 aromatic heterocycles. The molecule has 2 saturated heterocycles. The quantitative estimate of drug-likeness (QED) is 0.281. The Morgan fingerprint density at radius 2 is 1.40 bits per heavy atom. The van der Waals surface area contributed by atoms with E-state index in [0.29, 0.717) is 5.92 Å². The van der Waals surface area contributed by atoms with Crippen LogP contribution in [0.25, 0.3) is 28.4 Å². The van der Waals surface area contributed by atoms with E-state index in [1.54, 1.807) is 0 Å². The van der Waals surface area contributed by atoms with E-state index in [-0.39, 0.29) is 35.2 Å². The normalized spacial score (nSPS) is 30.9. The molecule has 2 N–H and O–H groups in total. The Morgan fingerprint density at radius 3 is 2.11 bits per heavy atom. The number of nitrogens with one attached hydrogen (secondary N) is 2. The van der Waals surface area contributed by atoms with Crippen LogP contribution in [0.1, 0.15) is 67.0 Å². The molecule has 6 atom stereocenters. The lowest BCUT2D eigenvalue weighted by atomic mass is 9.72. The van der Waals surface area contributed by atoms with Gasteiger partial charge < -0.3 is 15.4 Å². The minimum absolute atomic E-state index is 0.0183. The zero-order valence-electron chi connectivity index (χ0n) is 31.9. The first kappa shape index (κ1) is 33.0. The summed E-state index contributed by atoms with van der Waals surface area (Å²) in [4.78, 5) is 5.29. The highest BCUT2D eigenvalue weighted by Gasteiger charge is 2.53. The van der Waals surface area contributed by atoms with Gasteiger partial charge in [0.25, 0.3) is 0 Å². The number of likely N-dealkylation sites (tertiary alicyclic amines) is 2. The molecule has 2 fully saturated rings. The van der Waals surface area contributed by atoms with E-state index >= 15 is 0 Å². The second-order valence-electron chi connectivity index (χ2n) is 17.2. The van der Waals surface area contributed by atoms with Crippen LogP contribution in [0.5, 0.6) is 0 Å². The predicted octanol–water partition coefficient (Wildman–Crippen LogP) is 9.41. The molecular formula is C50H48N4O. The van der Waals surface area contributed by atoms with Crippen LogP contribution >= 0.6 is 0 Å². The lowest BCUT2D eigenvalue weighted by Gasteiger charge is -2.41. The Kier molecular flexibility index (Phi) is 7.40. The molecule has 5 aliphatic heterocycles. The summed E-state index contributed by atoms with van der Waals surface area (Å²) < 4.78 is 7.46. The summed E-state index contributed by atoms with van der Waals surface area (Å²) in [6.07, 6.45) is 30.1. The smallest absolute Gasteiger partial charge is 0.130 e. The van der Waals surface area contributed by atoms with Gasteiger partial charge in [0.05, 0.1) is 12.3 Å². The SMILES string of the molecule is CC1(C)C=Cc2cc3c(cc21)C1=C(OC2=C3C3CCN(C4C=C(c5ccccc5)C=CN4)C3C=C2)C2(C)CCN(C3C=C(c4ccccc4)C=CN3)C2C=C1. The van der Waals surface area contributed by atoms with Crippen molar-refractivity contribution in [1.29, 1.82) is 0 Å². The van der Waals surface area contributed by atoms with E-state index in [1.807, 2.05) is 0 Å². The zero-order valence-corrected chi connectivity index (χ0v) is 31.9. The van der Waals surface area contributed by atoms with Crippen molar-refractivity contribution in [3.8, 4) is 0 Å². The maximum absolute atomic E-state index is 7.46. The topological polar surface area (TPSA) is 39.8 Å². The third-order valence-electron chi connectivity index (χ3n) is 13.7. The van der Waals surface area contributed by atoms with Crippen molar-refractivity contribution in [2.75, 3.05) is 13.1 Å². The van der Waals surface area contributed by atoms with Gasteiger partial charge in [-0.05, 0) is 112 Å². The molecule has 274 valence electrons. The van der Waals surface area contributed by atoms with Crippen LogP contribution in [0, 0.1) is 11.3 Å². The molecular weight excluding hydrogens is 673 g/mol. The highest BCUT2D eigenvalue weighted by Crippen LogP contribution is 2.56. The van der Waals surface area contributed by atoms with Crippen molar-refractivity contribution in [2.24, 2.45) is 11.3 Å². The number of rotatable bonds is 4. The number of hydrogen-bond donors (Lipinski definition) is 2. The maximum Gasteiger partial charge on any atom is 0.130 e. The molecule has 0 amide bonds. The van der Waals surface area contributed by atoms with Crippen molar-refractivity contribution < 1.29 is 4.74 Å². The molecule has 3 aliphatic carbocycles. The summed E-state index contributed by atoms with van der Waals surface area (Å²) in [7, 11) is 0. The minimum Gasteiger partial charge on any atom is -0.460 e. The minimum atomic E-state index is -0.191. The monoisotopic (exact) mass is 720 g/mol. The van der Waals surface area contributed by atoms with Crippen LogP contribution in [0.4, 0.5) is 0 Å².